The van der Waals surface area contributed by atoms with Crippen molar-refractivity contribution in [1.82, 2.24) is 20.2 Å². The second kappa shape index (κ2) is 6.72. The first-order valence-corrected chi connectivity index (χ1v) is 8.70. The van der Waals surface area contributed by atoms with E-state index in [9.17, 15) is 0 Å². The maximum absolute atomic E-state index is 5.30. The molecule has 136 valence electrons. The molecule has 6 heteroatoms. The van der Waals surface area contributed by atoms with Crippen molar-refractivity contribution in [3.05, 3.63) is 54.2 Å². The van der Waals surface area contributed by atoms with Crippen molar-refractivity contribution in [2.24, 2.45) is 0 Å². The zero-order valence-corrected chi connectivity index (χ0v) is 15.8. The first-order valence-electron chi connectivity index (χ1n) is 8.70. The van der Waals surface area contributed by atoms with E-state index in [4.69, 9.17) is 9.72 Å². The number of benzene rings is 2. The highest BCUT2D eigenvalue weighted by Gasteiger charge is 2.14. The zero-order chi connectivity index (χ0) is 19.0. The Labute approximate surface area is 157 Å². The lowest BCUT2D eigenvalue weighted by atomic mass is 10.0. The summed E-state index contributed by atoms with van der Waals surface area (Å²) in [6.45, 7) is 2.04. The topological polar surface area (TPSA) is 66.9 Å². The first kappa shape index (κ1) is 17.0. The molecule has 0 unspecified atom stereocenters. The van der Waals surface area contributed by atoms with Crippen LogP contribution in [0.4, 0.5) is 5.69 Å². The summed E-state index contributed by atoms with van der Waals surface area (Å²) in [5.74, 6) is 0.826. The van der Waals surface area contributed by atoms with Crippen molar-refractivity contribution in [1.29, 1.82) is 0 Å². The molecule has 2 aromatic heterocycles. The highest BCUT2D eigenvalue weighted by atomic mass is 16.5. The van der Waals surface area contributed by atoms with Crippen LogP contribution in [0.2, 0.25) is 0 Å². The minimum absolute atomic E-state index is 0.604. The van der Waals surface area contributed by atoms with Gasteiger partial charge in [0.15, 0.2) is 5.65 Å². The van der Waals surface area contributed by atoms with E-state index in [1.807, 2.05) is 51.4 Å². The largest absolute Gasteiger partial charge is 0.497 e. The summed E-state index contributed by atoms with van der Waals surface area (Å²) < 4.78 is 5.30. The molecule has 0 bridgehead atoms. The highest BCUT2D eigenvalue weighted by molar-refractivity contribution is 5.89. The molecular formula is C21H21N5O. The van der Waals surface area contributed by atoms with Crippen molar-refractivity contribution in [3.63, 3.8) is 0 Å². The van der Waals surface area contributed by atoms with E-state index in [-0.39, 0.29) is 0 Å². The second-order valence-corrected chi connectivity index (χ2v) is 6.65. The average molecular weight is 359 g/mol. The van der Waals surface area contributed by atoms with Crippen LogP contribution in [0.5, 0.6) is 5.75 Å². The summed E-state index contributed by atoms with van der Waals surface area (Å²) in [5.41, 5.74) is 7.31. The van der Waals surface area contributed by atoms with Crippen molar-refractivity contribution in [2.75, 3.05) is 26.1 Å². The number of nitrogens with one attached hydrogen (secondary N) is 1. The molecule has 0 aliphatic carbocycles. The van der Waals surface area contributed by atoms with Crippen molar-refractivity contribution in [2.45, 2.75) is 6.92 Å². The SMILES string of the molecule is COc1ccc(-c2[nH]nc3ncc(-c4cccc(N(C)C)c4)nc23)c(C)c1. The number of rotatable bonds is 4. The highest BCUT2D eigenvalue weighted by Crippen LogP contribution is 2.31. The lowest BCUT2D eigenvalue weighted by molar-refractivity contribution is 0.414. The molecule has 4 rings (SSSR count). The van der Waals surface area contributed by atoms with Crippen molar-refractivity contribution in [3.8, 4) is 28.3 Å². The number of aromatic amines is 1. The number of methoxy groups -OCH3 is 1. The monoisotopic (exact) mass is 359 g/mol. The normalized spacial score (nSPS) is 11.0. The molecule has 2 heterocycles. The minimum atomic E-state index is 0.604. The van der Waals surface area contributed by atoms with Crippen molar-refractivity contribution < 1.29 is 4.74 Å². The van der Waals surface area contributed by atoms with Gasteiger partial charge in [0, 0.05) is 30.9 Å². The molecule has 2 aromatic carbocycles. The van der Waals surface area contributed by atoms with Gasteiger partial charge in [-0.15, -0.1) is 0 Å². The molecular weight excluding hydrogens is 338 g/mol. The Morgan fingerprint density at radius 1 is 1.07 bits per heavy atom. The van der Waals surface area contributed by atoms with E-state index in [0.29, 0.717) is 5.65 Å². The van der Waals surface area contributed by atoms with E-state index in [0.717, 1.165) is 45.0 Å². The van der Waals surface area contributed by atoms with Gasteiger partial charge in [-0.25, -0.2) is 9.97 Å². The number of H-pyrrole nitrogens is 1. The van der Waals surface area contributed by atoms with Gasteiger partial charge in [0.05, 0.1) is 24.7 Å². The molecule has 0 saturated heterocycles. The lowest BCUT2D eigenvalue weighted by Crippen LogP contribution is -2.08. The number of ether oxygens (including phenoxy) is 1. The quantitative estimate of drug-likeness (QED) is 0.595. The molecule has 0 spiro atoms. The third-order valence-electron chi connectivity index (χ3n) is 4.62. The van der Waals surface area contributed by atoms with Crippen molar-refractivity contribution >= 4 is 16.9 Å². The Kier molecular flexibility index (Phi) is 4.24. The number of fused-ring (bicyclic) bond motifs is 1. The van der Waals surface area contributed by atoms with Crippen LogP contribution in [0.25, 0.3) is 33.7 Å². The summed E-state index contributed by atoms with van der Waals surface area (Å²) in [6.07, 6.45) is 1.77. The average Bonchev–Trinajstić information content (AvgIpc) is 3.11. The second-order valence-electron chi connectivity index (χ2n) is 6.65. The number of nitrogens with zero attached hydrogens (tertiary/aromatic N) is 4. The summed E-state index contributed by atoms with van der Waals surface area (Å²) in [4.78, 5) is 11.4. The minimum Gasteiger partial charge on any atom is -0.497 e. The number of hydrogen-bond acceptors (Lipinski definition) is 5. The molecule has 0 aliphatic heterocycles. The predicted octanol–water partition coefficient (Wildman–Crippen LogP) is 4.07. The van der Waals surface area contributed by atoms with Gasteiger partial charge in [-0.05, 0) is 42.8 Å². The van der Waals surface area contributed by atoms with Crippen LogP contribution in [-0.2, 0) is 0 Å². The summed E-state index contributed by atoms with van der Waals surface area (Å²) in [5, 5.41) is 7.41. The van der Waals surface area contributed by atoms with Gasteiger partial charge in [0.1, 0.15) is 11.3 Å². The molecule has 0 atom stereocenters. The first-order chi connectivity index (χ1) is 13.1. The van der Waals surface area contributed by atoms with Crippen LogP contribution in [0.3, 0.4) is 0 Å². The van der Waals surface area contributed by atoms with Crippen LogP contribution in [0, 0.1) is 6.92 Å². The Morgan fingerprint density at radius 3 is 2.67 bits per heavy atom. The number of aromatic nitrogens is 4. The number of aryl methyl sites for hydroxylation is 1. The van der Waals surface area contributed by atoms with Gasteiger partial charge in [0.25, 0.3) is 0 Å². The van der Waals surface area contributed by atoms with Gasteiger partial charge in [0.2, 0.25) is 0 Å². The number of anilines is 1. The number of hydrogen-bond donors (Lipinski definition) is 1. The van der Waals surface area contributed by atoms with Crippen LogP contribution < -0.4 is 9.64 Å². The fraction of sp³-hybridized carbons (Fsp3) is 0.190. The smallest absolute Gasteiger partial charge is 0.200 e. The Morgan fingerprint density at radius 2 is 1.93 bits per heavy atom. The third kappa shape index (κ3) is 3.10. The maximum Gasteiger partial charge on any atom is 0.200 e. The molecule has 27 heavy (non-hydrogen) atoms. The van der Waals surface area contributed by atoms with Gasteiger partial charge < -0.3 is 9.64 Å². The predicted molar refractivity (Wildman–Crippen MR) is 108 cm³/mol. The molecule has 0 amide bonds. The molecule has 0 saturated carbocycles. The van der Waals surface area contributed by atoms with Gasteiger partial charge >= 0.3 is 0 Å². The fourth-order valence-electron chi connectivity index (χ4n) is 3.11. The van der Waals surface area contributed by atoms with Crippen LogP contribution in [0.1, 0.15) is 5.56 Å². The van der Waals surface area contributed by atoms with Crippen LogP contribution in [0.15, 0.2) is 48.7 Å². The van der Waals surface area contributed by atoms with E-state index < -0.39 is 0 Å². The van der Waals surface area contributed by atoms with E-state index >= 15 is 0 Å². The van der Waals surface area contributed by atoms with E-state index in [1.54, 1.807) is 13.3 Å². The van der Waals surface area contributed by atoms with E-state index in [1.165, 1.54) is 0 Å². The molecule has 1 N–H and O–H groups in total. The third-order valence-corrected chi connectivity index (χ3v) is 4.62. The summed E-state index contributed by atoms with van der Waals surface area (Å²) >= 11 is 0. The Balaban J connectivity index is 1.84. The lowest BCUT2D eigenvalue weighted by Gasteiger charge is -2.13. The Bertz CT molecular complexity index is 1120. The van der Waals surface area contributed by atoms with Crippen LogP contribution >= 0.6 is 0 Å². The fourth-order valence-corrected chi connectivity index (χ4v) is 3.11. The van der Waals surface area contributed by atoms with Crippen LogP contribution in [-0.4, -0.2) is 41.4 Å². The van der Waals surface area contributed by atoms with Gasteiger partial charge in [-0.1, -0.05) is 12.1 Å². The molecule has 0 radical (unpaired) electrons. The molecule has 0 aliphatic rings. The standard InChI is InChI=1S/C21H21N5O/c1-13-10-16(27-4)8-9-17(13)19-20-21(25-24-19)22-12-18(23-20)14-6-5-7-15(11-14)26(2)3/h5-12H,1-4H3,(H,22,24,25). The zero-order valence-electron chi connectivity index (χ0n) is 15.8. The molecule has 0 fully saturated rings. The van der Waals surface area contributed by atoms with Gasteiger partial charge in [-0.2, -0.15) is 5.10 Å². The van der Waals surface area contributed by atoms with E-state index in [2.05, 4.69) is 32.2 Å². The maximum atomic E-state index is 5.30. The summed E-state index contributed by atoms with van der Waals surface area (Å²) in [7, 11) is 5.71. The summed E-state index contributed by atoms with van der Waals surface area (Å²) in [6, 6.07) is 14.2. The molecule has 6 nitrogen and oxygen atoms in total. The van der Waals surface area contributed by atoms with Gasteiger partial charge in [-0.3, -0.25) is 5.10 Å². The Hall–Kier alpha value is -3.41. The molecule has 4 aromatic rings.